The number of nitrogen functional groups attached to an aromatic ring is 1. The number of ether oxygens (including phenoxy) is 2. The van der Waals surface area contributed by atoms with Gasteiger partial charge in [0.1, 0.15) is 12.4 Å². The Morgan fingerprint density at radius 3 is 2.71 bits per heavy atom. The molecule has 1 amide bonds. The van der Waals surface area contributed by atoms with E-state index >= 15 is 0 Å². The second-order valence-corrected chi connectivity index (χ2v) is 3.86. The maximum absolute atomic E-state index is 11.5. The fourth-order valence-corrected chi connectivity index (χ4v) is 1.25. The third-order valence-electron chi connectivity index (χ3n) is 2.06. The van der Waals surface area contributed by atoms with Crippen LogP contribution in [0.3, 0.4) is 0 Å². The molecule has 0 fully saturated rings. The molecule has 1 aromatic rings. The van der Waals surface area contributed by atoms with Crippen LogP contribution in [-0.2, 0) is 9.53 Å². The third kappa shape index (κ3) is 4.32. The van der Waals surface area contributed by atoms with Crippen LogP contribution in [0.15, 0.2) is 18.2 Å². The first-order valence-corrected chi connectivity index (χ1v) is 5.38. The first kappa shape index (κ1) is 13.3. The zero-order chi connectivity index (χ0) is 12.8. The van der Waals surface area contributed by atoms with Gasteiger partial charge in [-0.2, -0.15) is 0 Å². The van der Waals surface area contributed by atoms with E-state index in [2.05, 4.69) is 5.32 Å². The molecule has 17 heavy (non-hydrogen) atoms. The van der Waals surface area contributed by atoms with E-state index in [9.17, 15) is 4.79 Å². The van der Waals surface area contributed by atoms with Gasteiger partial charge in [0.05, 0.1) is 18.9 Å². The maximum Gasteiger partial charge on any atom is 0.250 e. The van der Waals surface area contributed by atoms with Crippen LogP contribution < -0.4 is 15.8 Å². The number of carbonyl (C=O) groups is 1. The topological polar surface area (TPSA) is 73.6 Å². The summed E-state index contributed by atoms with van der Waals surface area (Å²) >= 11 is 0. The van der Waals surface area contributed by atoms with Crippen molar-refractivity contribution in [3.8, 4) is 5.75 Å². The lowest BCUT2D eigenvalue weighted by molar-refractivity contribution is -0.121. The molecule has 0 aromatic heterocycles. The Morgan fingerprint density at radius 2 is 2.18 bits per heavy atom. The molecule has 0 aliphatic rings. The SMILES string of the molecule is COc1ccc(NC(=O)COC(C)C)cc1N. The summed E-state index contributed by atoms with van der Waals surface area (Å²) in [7, 11) is 1.54. The van der Waals surface area contributed by atoms with Crippen molar-refractivity contribution in [3.63, 3.8) is 0 Å². The second-order valence-electron chi connectivity index (χ2n) is 3.86. The molecule has 0 aliphatic heterocycles. The number of carbonyl (C=O) groups excluding carboxylic acids is 1. The molecule has 94 valence electrons. The normalized spacial score (nSPS) is 10.4. The molecule has 0 saturated carbocycles. The summed E-state index contributed by atoms with van der Waals surface area (Å²) < 4.78 is 10.2. The Hall–Kier alpha value is -1.75. The molecule has 0 heterocycles. The highest BCUT2D eigenvalue weighted by molar-refractivity contribution is 5.92. The van der Waals surface area contributed by atoms with Crippen LogP contribution in [0.5, 0.6) is 5.75 Å². The average molecular weight is 238 g/mol. The lowest BCUT2D eigenvalue weighted by Crippen LogP contribution is -2.20. The predicted molar refractivity (Wildman–Crippen MR) is 67.1 cm³/mol. The van der Waals surface area contributed by atoms with Crippen LogP contribution >= 0.6 is 0 Å². The van der Waals surface area contributed by atoms with E-state index in [1.165, 1.54) is 0 Å². The minimum atomic E-state index is -0.205. The summed E-state index contributed by atoms with van der Waals surface area (Å²) in [5.41, 5.74) is 6.83. The minimum Gasteiger partial charge on any atom is -0.495 e. The van der Waals surface area contributed by atoms with Gasteiger partial charge in [0.15, 0.2) is 0 Å². The molecule has 0 saturated heterocycles. The van der Waals surface area contributed by atoms with Gasteiger partial charge in [-0.05, 0) is 32.0 Å². The monoisotopic (exact) mass is 238 g/mol. The fraction of sp³-hybridized carbons (Fsp3) is 0.417. The van der Waals surface area contributed by atoms with Crippen molar-refractivity contribution in [1.82, 2.24) is 0 Å². The largest absolute Gasteiger partial charge is 0.495 e. The number of amides is 1. The first-order chi connectivity index (χ1) is 8.02. The summed E-state index contributed by atoms with van der Waals surface area (Å²) in [6.07, 6.45) is 0.0293. The lowest BCUT2D eigenvalue weighted by Gasteiger charge is -2.10. The molecule has 5 heteroatoms. The predicted octanol–water partition coefficient (Wildman–Crippen LogP) is 1.64. The summed E-state index contributed by atoms with van der Waals surface area (Å²) in [6.45, 7) is 3.78. The average Bonchev–Trinajstić information content (AvgIpc) is 2.26. The Bertz CT molecular complexity index is 391. The highest BCUT2D eigenvalue weighted by Crippen LogP contribution is 2.24. The van der Waals surface area contributed by atoms with E-state index in [-0.39, 0.29) is 18.6 Å². The van der Waals surface area contributed by atoms with Gasteiger partial charge in [-0.1, -0.05) is 0 Å². The Balaban J connectivity index is 2.57. The smallest absolute Gasteiger partial charge is 0.250 e. The van der Waals surface area contributed by atoms with E-state index in [0.717, 1.165) is 0 Å². The molecule has 0 bridgehead atoms. The van der Waals surface area contributed by atoms with Gasteiger partial charge in [-0.25, -0.2) is 0 Å². The first-order valence-electron chi connectivity index (χ1n) is 5.38. The van der Waals surface area contributed by atoms with E-state index in [1.54, 1.807) is 25.3 Å². The molecule has 3 N–H and O–H groups in total. The Morgan fingerprint density at radius 1 is 1.47 bits per heavy atom. The van der Waals surface area contributed by atoms with Crippen LogP contribution in [-0.4, -0.2) is 25.7 Å². The van der Waals surface area contributed by atoms with Crippen LogP contribution in [0, 0.1) is 0 Å². The van der Waals surface area contributed by atoms with Crippen molar-refractivity contribution in [3.05, 3.63) is 18.2 Å². The molecular formula is C12H18N2O3. The van der Waals surface area contributed by atoms with Crippen LogP contribution in [0.25, 0.3) is 0 Å². The summed E-state index contributed by atoms with van der Waals surface area (Å²) in [5.74, 6) is 0.379. The van der Waals surface area contributed by atoms with Crippen molar-refractivity contribution in [2.24, 2.45) is 0 Å². The molecule has 5 nitrogen and oxygen atoms in total. The van der Waals surface area contributed by atoms with Crippen molar-refractivity contribution >= 4 is 17.3 Å². The van der Waals surface area contributed by atoms with Crippen molar-refractivity contribution in [2.45, 2.75) is 20.0 Å². The number of nitrogens with one attached hydrogen (secondary N) is 1. The number of anilines is 2. The third-order valence-corrected chi connectivity index (χ3v) is 2.06. The highest BCUT2D eigenvalue weighted by Gasteiger charge is 2.06. The van der Waals surface area contributed by atoms with Gasteiger partial charge in [-0.3, -0.25) is 4.79 Å². The minimum absolute atomic E-state index is 0.0293. The molecule has 0 spiro atoms. The zero-order valence-electron chi connectivity index (χ0n) is 10.3. The number of rotatable bonds is 5. The van der Waals surface area contributed by atoms with Gasteiger partial charge in [-0.15, -0.1) is 0 Å². The number of benzene rings is 1. The molecule has 0 radical (unpaired) electrons. The summed E-state index contributed by atoms with van der Waals surface area (Å²) in [5, 5.41) is 2.69. The molecule has 1 rings (SSSR count). The zero-order valence-corrected chi connectivity index (χ0v) is 10.3. The summed E-state index contributed by atoms with van der Waals surface area (Å²) in [6, 6.07) is 5.07. The van der Waals surface area contributed by atoms with E-state index < -0.39 is 0 Å². The quantitative estimate of drug-likeness (QED) is 0.765. The van der Waals surface area contributed by atoms with Gasteiger partial charge in [0, 0.05) is 5.69 Å². The molecule has 0 atom stereocenters. The molecule has 1 aromatic carbocycles. The van der Waals surface area contributed by atoms with E-state index in [0.29, 0.717) is 17.1 Å². The molecular weight excluding hydrogens is 220 g/mol. The number of methoxy groups -OCH3 is 1. The number of nitrogens with two attached hydrogens (primary N) is 1. The van der Waals surface area contributed by atoms with Crippen molar-refractivity contribution in [1.29, 1.82) is 0 Å². The maximum atomic E-state index is 11.5. The van der Waals surface area contributed by atoms with E-state index in [1.807, 2.05) is 13.8 Å². The van der Waals surface area contributed by atoms with Crippen molar-refractivity contribution < 1.29 is 14.3 Å². The Labute approximate surface area is 101 Å². The number of hydrogen-bond acceptors (Lipinski definition) is 4. The lowest BCUT2D eigenvalue weighted by atomic mass is 10.2. The number of hydrogen-bond donors (Lipinski definition) is 2. The standard InChI is InChI=1S/C12H18N2O3/c1-8(2)17-7-12(15)14-9-4-5-11(16-3)10(13)6-9/h4-6,8H,7,13H2,1-3H3,(H,14,15). The van der Waals surface area contributed by atoms with Gasteiger partial charge >= 0.3 is 0 Å². The Kier molecular flexibility index (Phi) is 4.78. The summed E-state index contributed by atoms with van der Waals surface area (Å²) in [4.78, 5) is 11.5. The molecule has 0 unspecified atom stereocenters. The van der Waals surface area contributed by atoms with Crippen LogP contribution in [0.1, 0.15) is 13.8 Å². The van der Waals surface area contributed by atoms with Crippen LogP contribution in [0.4, 0.5) is 11.4 Å². The van der Waals surface area contributed by atoms with E-state index in [4.69, 9.17) is 15.2 Å². The van der Waals surface area contributed by atoms with Crippen LogP contribution in [0.2, 0.25) is 0 Å². The van der Waals surface area contributed by atoms with Gasteiger partial charge < -0.3 is 20.5 Å². The second kappa shape index (κ2) is 6.10. The molecule has 0 aliphatic carbocycles. The highest BCUT2D eigenvalue weighted by atomic mass is 16.5. The van der Waals surface area contributed by atoms with Gasteiger partial charge in [0.25, 0.3) is 0 Å². The fourth-order valence-electron chi connectivity index (χ4n) is 1.25. The van der Waals surface area contributed by atoms with Crippen molar-refractivity contribution in [2.75, 3.05) is 24.8 Å². The van der Waals surface area contributed by atoms with Gasteiger partial charge in [0.2, 0.25) is 5.91 Å².